The molecule has 3 heteroatoms. The van der Waals surface area contributed by atoms with Crippen molar-refractivity contribution in [1.29, 1.82) is 0 Å². The molecule has 2 rings (SSSR count). The van der Waals surface area contributed by atoms with Crippen molar-refractivity contribution < 1.29 is 4.74 Å². The van der Waals surface area contributed by atoms with Gasteiger partial charge < -0.3 is 15.4 Å². The highest BCUT2D eigenvalue weighted by molar-refractivity contribution is 5.61. The van der Waals surface area contributed by atoms with Gasteiger partial charge in [0.2, 0.25) is 0 Å². The maximum Gasteiger partial charge on any atom is 0.143 e. The molecule has 3 nitrogen and oxygen atoms in total. The number of anilines is 1. The molecule has 1 aromatic carbocycles. The van der Waals surface area contributed by atoms with E-state index >= 15 is 0 Å². The van der Waals surface area contributed by atoms with E-state index in [1.807, 2.05) is 6.07 Å². The van der Waals surface area contributed by atoms with E-state index in [0.717, 1.165) is 25.1 Å². The number of hydrogen-bond acceptors (Lipinski definition) is 3. The zero-order valence-electron chi connectivity index (χ0n) is 11.6. The van der Waals surface area contributed by atoms with Gasteiger partial charge in [-0.1, -0.05) is 26.0 Å². The van der Waals surface area contributed by atoms with Crippen LogP contribution in [0, 0.1) is 0 Å². The standard InChI is InChI=1S/C15H24N2O/c1-4-15(5-2)11-17(12(3)10-16)13-8-6-7-9-14(13)18-15/h6-9,12H,4-5,10-11,16H2,1-3H3. The molecule has 0 bridgehead atoms. The first kappa shape index (κ1) is 13.2. The summed E-state index contributed by atoms with van der Waals surface area (Å²) in [4.78, 5) is 2.39. The number of benzene rings is 1. The lowest BCUT2D eigenvalue weighted by molar-refractivity contribution is 0.0554. The van der Waals surface area contributed by atoms with Crippen LogP contribution in [-0.2, 0) is 0 Å². The van der Waals surface area contributed by atoms with Gasteiger partial charge in [-0.2, -0.15) is 0 Å². The Balaban J connectivity index is 2.41. The van der Waals surface area contributed by atoms with E-state index in [9.17, 15) is 0 Å². The molecule has 0 saturated carbocycles. The molecule has 18 heavy (non-hydrogen) atoms. The van der Waals surface area contributed by atoms with E-state index in [1.54, 1.807) is 0 Å². The average Bonchev–Trinajstić information content (AvgIpc) is 2.45. The van der Waals surface area contributed by atoms with Gasteiger partial charge in [0.25, 0.3) is 0 Å². The van der Waals surface area contributed by atoms with Crippen molar-refractivity contribution in [3.05, 3.63) is 24.3 Å². The van der Waals surface area contributed by atoms with Gasteiger partial charge in [0.15, 0.2) is 0 Å². The average molecular weight is 248 g/mol. The normalized spacial score (nSPS) is 19.0. The minimum atomic E-state index is -0.0716. The highest BCUT2D eigenvalue weighted by Crippen LogP contribution is 2.40. The minimum absolute atomic E-state index is 0.0716. The topological polar surface area (TPSA) is 38.5 Å². The van der Waals surface area contributed by atoms with Gasteiger partial charge in [0.1, 0.15) is 11.4 Å². The number of fused-ring (bicyclic) bond motifs is 1. The van der Waals surface area contributed by atoms with Crippen LogP contribution in [0.3, 0.4) is 0 Å². The van der Waals surface area contributed by atoms with Crippen LogP contribution < -0.4 is 15.4 Å². The summed E-state index contributed by atoms with van der Waals surface area (Å²) in [6.45, 7) is 8.16. The number of nitrogens with zero attached hydrogens (tertiary/aromatic N) is 1. The molecule has 1 aliphatic heterocycles. The SMILES string of the molecule is CCC1(CC)CN(C(C)CN)c2ccccc2O1. The molecule has 1 heterocycles. The molecule has 0 spiro atoms. The van der Waals surface area contributed by atoms with Crippen LogP contribution in [0.2, 0.25) is 0 Å². The van der Waals surface area contributed by atoms with Gasteiger partial charge in [-0.3, -0.25) is 0 Å². The second-order valence-corrected chi connectivity index (χ2v) is 5.17. The Morgan fingerprint density at radius 1 is 1.33 bits per heavy atom. The fraction of sp³-hybridized carbons (Fsp3) is 0.600. The Morgan fingerprint density at radius 3 is 2.61 bits per heavy atom. The summed E-state index contributed by atoms with van der Waals surface area (Å²) in [5.74, 6) is 0.993. The second kappa shape index (κ2) is 5.19. The van der Waals surface area contributed by atoms with Crippen LogP contribution in [0.1, 0.15) is 33.6 Å². The van der Waals surface area contributed by atoms with Gasteiger partial charge in [-0.15, -0.1) is 0 Å². The first-order valence-corrected chi connectivity index (χ1v) is 6.90. The molecule has 100 valence electrons. The Bertz CT molecular complexity index is 401. The third-order valence-electron chi connectivity index (χ3n) is 4.12. The molecule has 0 fully saturated rings. The molecule has 0 saturated heterocycles. The fourth-order valence-corrected chi connectivity index (χ4v) is 2.58. The molecular formula is C15H24N2O. The van der Waals surface area contributed by atoms with E-state index in [4.69, 9.17) is 10.5 Å². The van der Waals surface area contributed by atoms with Gasteiger partial charge in [0, 0.05) is 12.6 Å². The smallest absolute Gasteiger partial charge is 0.143 e. The van der Waals surface area contributed by atoms with Gasteiger partial charge >= 0.3 is 0 Å². The fourth-order valence-electron chi connectivity index (χ4n) is 2.58. The van der Waals surface area contributed by atoms with E-state index in [-0.39, 0.29) is 5.60 Å². The zero-order chi connectivity index (χ0) is 13.2. The number of para-hydroxylation sites is 2. The maximum absolute atomic E-state index is 6.26. The van der Waals surface area contributed by atoms with Crippen molar-refractivity contribution in [3.8, 4) is 5.75 Å². The summed E-state index contributed by atoms with van der Waals surface area (Å²) in [5.41, 5.74) is 6.95. The van der Waals surface area contributed by atoms with Gasteiger partial charge in [-0.05, 0) is 31.9 Å². The summed E-state index contributed by atoms with van der Waals surface area (Å²) in [6.07, 6.45) is 2.04. The number of ether oxygens (including phenoxy) is 1. The second-order valence-electron chi connectivity index (χ2n) is 5.17. The summed E-state index contributed by atoms with van der Waals surface area (Å²) in [6, 6.07) is 8.61. The number of nitrogens with two attached hydrogens (primary N) is 1. The van der Waals surface area contributed by atoms with E-state index in [1.165, 1.54) is 5.69 Å². The molecule has 1 atom stereocenters. The van der Waals surface area contributed by atoms with E-state index in [2.05, 4.69) is 43.9 Å². The van der Waals surface area contributed by atoms with E-state index < -0.39 is 0 Å². The van der Waals surface area contributed by atoms with Crippen molar-refractivity contribution in [3.63, 3.8) is 0 Å². The summed E-state index contributed by atoms with van der Waals surface area (Å²) < 4.78 is 6.26. The minimum Gasteiger partial charge on any atom is -0.483 e. The Hall–Kier alpha value is -1.22. The Labute approximate surface area is 110 Å². The molecule has 0 amide bonds. The third-order valence-corrected chi connectivity index (χ3v) is 4.12. The first-order chi connectivity index (χ1) is 8.65. The predicted molar refractivity (Wildman–Crippen MR) is 76.2 cm³/mol. The quantitative estimate of drug-likeness (QED) is 0.890. The molecule has 1 unspecified atom stereocenters. The van der Waals surface area contributed by atoms with Crippen molar-refractivity contribution in [2.75, 3.05) is 18.0 Å². The number of hydrogen-bond donors (Lipinski definition) is 1. The van der Waals surface area contributed by atoms with Crippen LogP contribution in [0.4, 0.5) is 5.69 Å². The van der Waals surface area contributed by atoms with Gasteiger partial charge in [-0.25, -0.2) is 0 Å². The van der Waals surface area contributed by atoms with E-state index in [0.29, 0.717) is 12.6 Å². The lowest BCUT2D eigenvalue weighted by Crippen LogP contribution is -2.54. The lowest BCUT2D eigenvalue weighted by atomic mass is 9.93. The largest absolute Gasteiger partial charge is 0.483 e. The molecule has 2 N–H and O–H groups in total. The monoisotopic (exact) mass is 248 g/mol. The lowest BCUT2D eigenvalue weighted by Gasteiger charge is -2.46. The molecule has 0 aliphatic carbocycles. The zero-order valence-corrected chi connectivity index (χ0v) is 11.6. The molecule has 1 aliphatic rings. The van der Waals surface area contributed by atoms with Crippen molar-refractivity contribution >= 4 is 5.69 Å². The predicted octanol–water partition coefficient (Wildman–Crippen LogP) is 2.79. The molecular weight excluding hydrogens is 224 g/mol. The van der Waals surface area contributed by atoms with Crippen LogP contribution in [0.15, 0.2) is 24.3 Å². The van der Waals surface area contributed by atoms with Crippen molar-refractivity contribution in [2.24, 2.45) is 5.73 Å². The van der Waals surface area contributed by atoms with Crippen molar-refractivity contribution in [2.45, 2.75) is 45.3 Å². The molecule has 0 aromatic heterocycles. The van der Waals surface area contributed by atoms with Crippen LogP contribution in [0.25, 0.3) is 0 Å². The van der Waals surface area contributed by atoms with Crippen LogP contribution in [-0.4, -0.2) is 24.7 Å². The molecule has 1 aromatic rings. The highest BCUT2D eigenvalue weighted by Gasteiger charge is 2.38. The Morgan fingerprint density at radius 2 is 2.00 bits per heavy atom. The highest BCUT2D eigenvalue weighted by atomic mass is 16.5. The van der Waals surface area contributed by atoms with Crippen LogP contribution in [0.5, 0.6) is 5.75 Å². The first-order valence-electron chi connectivity index (χ1n) is 6.90. The summed E-state index contributed by atoms with van der Waals surface area (Å²) in [7, 11) is 0. The van der Waals surface area contributed by atoms with Crippen LogP contribution >= 0.6 is 0 Å². The molecule has 0 radical (unpaired) electrons. The number of rotatable bonds is 4. The summed E-state index contributed by atoms with van der Waals surface area (Å²) >= 11 is 0. The third kappa shape index (κ3) is 2.19. The van der Waals surface area contributed by atoms with Crippen molar-refractivity contribution in [1.82, 2.24) is 0 Å². The maximum atomic E-state index is 6.26. The summed E-state index contributed by atoms with van der Waals surface area (Å²) in [5, 5.41) is 0. The Kier molecular flexibility index (Phi) is 3.81. The van der Waals surface area contributed by atoms with Gasteiger partial charge in [0.05, 0.1) is 12.2 Å².